The second-order valence-electron chi connectivity index (χ2n) is 3.83. The molecule has 0 radical (unpaired) electrons. The molecule has 0 saturated heterocycles. The van der Waals surface area contributed by atoms with Gasteiger partial charge in [0.1, 0.15) is 17.5 Å². The Balaban J connectivity index is 2.59. The van der Waals surface area contributed by atoms with Gasteiger partial charge in [0.05, 0.1) is 0 Å². The zero-order valence-corrected chi connectivity index (χ0v) is 11.1. The molecule has 0 bridgehead atoms. The standard InChI is InChI=1S/C12H11BrN2O3/c1-6(16)10-14-11(17)9(12(18)15-10)7-2-4-8(13)5-3-7/h2-6,16H,1H3,(H2,14,15,17,18). The van der Waals surface area contributed by atoms with Crippen LogP contribution >= 0.6 is 15.9 Å². The predicted molar refractivity (Wildman–Crippen MR) is 70.3 cm³/mol. The molecular weight excluding hydrogens is 300 g/mol. The molecule has 1 aromatic heterocycles. The first-order valence-corrected chi connectivity index (χ1v) is 6.05. The molecule has 2 aromatic rings. The van der Waals surface area contributed by atoms with E-state index in [2.05, 4.69) is 25.9 Å². The van der Waals surface area contributed by atoms with Crippen molar-refractivity contribution < 1.29 is 10.2 Å². The van der Waals surface area contributed by atoms with E-state index in [0.29, 0.717) is 5.56 Å². The van der Waals surface area contributed by atoms with E-state index >= 15 is 0 Å². The Kier molecular flexibility index (Phi) is 3.49. The molecule has 1 unspecified atom stereocenters. The Labute approximate surface area is 111 Å². The highest BCUT2D eigenvalue weighted by molar-refractivity contribution is 9.10. The number of hydrogen-bond acceptors (Lipinski definition) is 4. The largest absolute Gasteiger partial charge is 0.493 e. The number of aliphatic hydroxyl groups excluding tert-OH is 1. The van der Waals surface area contributed by atoms with Crippen LogP contribution in [-0.4, -0.2) is 20.2 Å². The highest BCUT2D eigenvalue weighted by atomic mass is 79.9. The van der Waals surface area contributed by atoms with Gasteiger partial charge in [-0.3, -0.25) is 4.79 Å². The molecule has 1 atom stereocenters. The average Bonchev–Trinajstić information content (AvgIpc) is 2.30. The summed E-state index contributed by atoms with van der Waals surface area (Å²) in [5.74, 6) is -0.352. The average molecular weight is 311 g/mol. The molecule has 2 rings (SSSR count). The molecule has 0 saturated carbocycles. The number of H-pyrrole nitrogens is 1. The molecular formula is C12H11BrN2O3. The van der Waals surface area contributed by atoms with Crippen LogP contribution in [0.4, 0.5) is 0 Å². The van der Waals surface area contributed by atoms with Gasteiger partial charge in [0.25, 0.3) is 5.56 Å². The van der Waals surface area contributed by atoms with Crippen LogP contribution in [0.15, 0.2) is 33.5 Å². The third-order valence-corrected chi connectivity index (χ3v) is 2.98. The number of benzene rings is 1. The van der Waals surface area contributed by atoms with Crippen molar-refractivity contribution in [3.8, 4) is 17.0 Å². The number of rotatable bonds is 2. The third kappa shape index (κ3) is 2.44. The number of nitrogens with one attached hydrogen (secondary N) is 1. The minimum atomic E-state index is -0.942. The van der Waals surface area contributed by atoms with Gasteiger partial charge in [-0.25, -0.2) is 0 Å². The summed E-state index contributed by atoms with van der Waals surface area (Å²) in [5, 5.41) is 19.1. The number of aromatic hydroxyl groups is 1. The van der Waals surface area contributed by atoms with Crippen molar-refractivity contribution in [2.75, 3.05) is 0 Å². The summed E-state index contributed by atoms with van der Waals surface area (Å²) in [6.07, 6.45) is -0.942. The lowest BCUT2D eigenvalue weighted by molar-refractivity contribution is 0.187. The predicted octanol–water partition coefficient (Wildman–Crippen LogP) is 1.96. The van der Waals surface area contributed by atoms with Crippen LogP contribution in [0.3, 0.4) is 0 Å². The lowest BCUT2D eigenvalue weighted by Gasteiger charge is -2.07. The lowest BCUT2D eigenvalue weighted by atomic mass is 10.1. The Hall–Kier alpha value is -1.66. The minimum absolute atomic E-state index is 0.0401. The number of aliphatic hydroxyl groups is 1. The summed E-state index contributed by atoms with van der Waals surface area (Å²) in [5.41, 5.74) is 0.161. The van der Waals surface area contributed by atoms with Crippen LogP contribution in [0.5, 0.6) is 5.88 Å². The highest BCUT2D eigenvalue weighted by Crippen LogP contribution is 2.25. The van der Waals surface area contributed by atoms with E-state index in [1.54, 1.807) is 24.3 Å². The summed E-state index contributed by atoms with van der Waals surface area (Å²) < 4.78 is 0.871. The zero-order valence-electron chi connectivity index (χ0n) is 9.51. The maximum atomic E-state index is 11.9. The van der Waals surface area contributed by atoms with E-state index in [0.717, 1.165) is 4.47 Å². The number of nitrogens with zero attached hydrogens (tertiary/aromatic N) is 1. The van der Waals surface area contributed by atoms with Gasteiger partial charge in [0, 0.05) is 4.47 Å². The second kappa shape index (κ2) is 4.91. The highest BCUT2D eigenvalue weighted by Gasteiger charge is 2.14. The van der Waals surface area contributed by atoms with E-state index in [1.807, 2.05) is 0 Å². The smallest absolute Gasteiger partial charge is 0.262 e. The summed E-state index contributed by atoms with van der Waals surface area (Å²) in [6.45, 7) is 1.46. The molecule has 0 spiro atoms. The van der Waals surface area contributed by atoms with E-state index in [-0.39, 0.29) is 11.4 Å². The van der Waals surface area contributed by atoms with Gasteiger partial charge >= 0.3 is 0 Å². The van der Waals surface area contributed by atoms with Crippen LogP contribution in [-0.2, 0) is 0 Å². The van der Waals surface area contributed by atoms with Gasteiger partial charge in [-0.1, -0.05) is 28.1 Å². The molecule has 0 aliphatic heterocycles. The fourth-order valence-electron chi connectivity index (χ4n) is 1.55. The van der Waals surface area contributed by atoms with Gasteiger partial charge < -0.3 is 15.2 Å². The van der Waals surface area contributed by atoms with Gasteiger partial charge in [0.2, 0.25) is 5.88 Å². The normalized spacial score (nSPS) is 12.4. The number of halogens is 1. The van der Waals surface area contributed by atoms with Crippen molar-refractivity contribution in [2.45, 2.75) is 13.0 Å². The topological polar surface area (TPSA) is 86.2 Å². The lowest BCUT2D eigenvalue weighted by Crippen LogP contribution is -2.15. The number of aromatic amines is 1. The molecule has 0 amide bonds. The first-order chi connectivity index (χ1) is 8.49. The maximum Gasteiger partial charge on any atom is 0.262 e. The quantitative estimate of drug-likeness (QED) is 0.791. The Morgan fingerprint density at radius 1 is 1.33 bits per heavy atom. The molecule has 0 aliphatic rings. The number of aromatic nitrogens is 2. The Morgan fingerprint density at radius 3 is 2.44 bits per heavy atom. The van der Waals surface area contributed by atoms with Crippen molar-refractivity contribution >= 4 is 15.9 Å². The van der Waals surface area contributed by atoms with E-state index < -0.39 is 17.5 Å². The van der Waals surface area contributed by atoms with Gasteiger partial charge in [-0.05, 0) is 24.6 Å². The molecule has 0 aliphatic carbocycles. The van der Waals surface area contributed by atoms with Gasteiger partial charge in [0.15, 0.2) is 0 Å². The molecule has 3 N–H and O–H groups in total. The van der Waals surface area contributed by atoms with Crippen molar-refractivity contribution in [2.24, 2.45) is 0 Å². The molecule has 94 valence electrons. The third-order valence-electron chi connectivity index (χ3n) is 2.45. The molecule has 5 nitrogen and oxygen atoms in total. The van der Waals surface area contributed by atoms with Crippen LogP contribution in [0, 0.1) is 0 Å². The first kappa shape index (κ1) is 12.8. The maximum absolute atomic E-state index is 11.9. The van der Waals surface area contributed by atoms with Crippen molar-refractivity contribution in [3.63, 3.8) is 0 Å². The first-order valence-electron chi connectivity index (χ1n) is 5.26. The second-order valence-corrected chi connectivity index (χ2v) is 4.75. The fourth-order valence-corrected chi connectivity index (χ4v) is 1.82. The van der Waals surface area contributed by atoms with Crippen molar-refractivity contribution in [1.29, 1.82) is 0 Å². The fraction of sp³-hybridized carbons (Fsp3) is 0.167. The van der Waals surface area contributed by atoms with Gasteiger partial charge in [-0.15, -0.1) is 0 Å². The van der Waals surface area contributed by atoms with Crippen LogP contribution in [0.2, 0.25) is 0 Å². The van der Waals surface area contributed by atoms with E-state index in [1.165, 1.54) is 6.92 Å². The monoisotopic (exact) mass is 310 g/mol. The van der Waals surface area contributed by atoms with Crippen LogP contribution in [0.1, 0.15) is 18.9 Å². The molecule has 1 heterocycles. The number of hydrogen-bond donors (Lipinski definition) is 3. The van der Waals surface area contributed by atoms with E-state index in [9.17, 15) is 15.0 Å². The van der Waals surface area contributed by atoms with Crippen molar-refractivity contribution in [1.82, 2.24) is 9.97 Å². The molecule has 0 fully saturated rings. The summed E-state index contributed by atoms with van der Waals surface area (Å²) in [4.78, 5) is 18.1. The SMILES string of the molecule is CC(O)c1nc(O)c(-c2ccc(Br)cc2)c(=O)[nH]1. The molecule has 6 heteroatoms. The molecule has 1 aromatic carbocycles. The Morgan fingerprint density at radius 2 is 1.94 bits per heavy atom. The van der Waals surface area contributed by atoms with Gasteiger partial charge in [-0.2, -0.15) is 4.98 Å². The molecule has 18 heavy (non-hydrogen) atoms. The van der Waals surface area contributed by atoms with Crippen LogP contribution in [0.25, 0.3) is 11.1 Å². The summed E-state index contributed by atoms with van der Waals surface area (Å²) in [7, 11) is 0. The van der Waals surface area contributed by atoms with Crippen LogP contribution < -0.4 is 5.56 Å². The Bertz CT molecular complexity index is 620. The minimum Gasteiger partial charge on any atom is -0.493 e. The zero-order chi connectivity index (χ0) is 13.3. The summed E-state index contributed by atoms with van der Waals surface area (Å²) in [6, 6.07) is 6.91. The van der Waals surface area contributed by atoms with E-state index in [4.69, 9.17) is 0 Å². The van der Waals surface area contributed by atoms with Crippen molar-refractivity contribution in [3.05, 3.63) is 44.9 Å². The summed E-state index contributed by atoms with van der Waals surface area (Å²) >= 11 is 3.29.